The van der Waals surface area contributed by atoms with Crippen LogP contribution in [0.5, 0.6) is 11.6 Å². The lowest BCUT2D eigenvalue weighted by molar-refractivity contribution is 0.301. The Balaban J connectivity index is 1.77. The maximum absolute atomic E-state index is 9.86. The summed E-state index contributed by atoms with van der Waals surface area (Å²) in [7, 11) is 0. The molecule has 1 aliphatic heterocycles. The Morgan fingerprint density at radius 2 is 2.00 bits per heavy atom. The third-order valence-corrected chi connectivity index (χ3v) is 5.46. The van der Waals surface area contributed by atoms with Crippen LogP contribution in [0.1, 0.15) is 41.6 Å². The van der Waals surface area contributed by atoms with E-state index in [1.807, 2.05) is 48.5 Å². The summed E-state index contributed by atoms with van der Waals surface area (Å²) in [5, 5.41) is 17.8. The van der Waals surface area contributed by atoms with E-state index >= 15 is 0 Å². The number of nitrogens with one attached hydrogen (secondary N) is 1. The first-order valence-electron chi connectivity index (χ1n) is 9.73. The van der Waals surface area contributed by atoms with Crippen LogP contribution in [0.4, 0.5) is 0 Å². The van der Waals surface area contributed by atoms with Crippen molar-refractivity contribution >= 4 is 11.6 Å². The van der Waals surface area contributed by atoms with E-state index in [4.69, 9.17) is 26.8 Å². The van der Waals surface area contributed by atoms with Crippen LogP contribution in [0, 0.1) is 11.3 Å². The fourth-order valence-electron chi connectivity index (χ4n) is 3.68. The third-order valence-electron chi connectivity index (χ3n) is 5.09. The highest BCUT2D eigenvalue weighted by molar-refractivity contribution is 6.31. The van der Waals surface area contributed by atoms with E-state index in [1.54, 1.807) is 0 Å². The van der Waals surface area contributed by atoms with Gasteiger partial charge in [-0.05, 0) is 18.6 Å². The molecule has 30 heavy (non-hydrogen) atoms. The number of para-hydroxylation sites is 1. The van der Waals surface area contributed by atoms with E-state index in [1.165, 1.54) is 0 Å². The van der Waals surface area contributed by atoms with Crippen molar-refractivity contribution in [2.24, 2.45) is 5.73 Å². The predicted molar refractivity (Wildman–Crippen MR) is 114 cm³/mol. The van der Waals surface area contributed by atoms with E-state index in [-0.39, 0.29) is 5.88 Å². The smallest absolute Gasteiger partial charge is 0.244 e. The number of aromatic nitrogens is 2. The Bertz CT molecular complexity index is 1150. The summed E-state index contributed by atoms with van der Waals surface area (Å²) in [5.74, 6) is 0.687. The van der Waals surface area contributed by atoms with Crippen molar-refractivity contribution in [3.8, 4) is 17.7 Å². The van der Waals surface area contributed by atoms with Gasteiger partial charge in [0.25, 0.3) is 0 Å². The topological polar surface area (TPSA) is 97.0 Å². The van der Waals surface area contributed by atoms with Gasteiger partial charge in [-0.1, -0.05) is 61.3 Å². The molecule has 2 aromatic carbocycles. The Morgan fingerprint density at radius 3 is 2.77 bits per heavy atom. The summed E-state index contributed by atoms with van der Waals surface area (Å²) < 4.78 is 11.8. The van der Waals surface area contributed by atoms with Gasteiger partial charge in [-0.2, -0.15) is 5.26 Å². The van der Waals surface area contributed by atoms with Gasteiger partial charge in [-0.25, -0.2) is 0 Å². The molecule has 0 spiro atoms. The summed E-state index contributed by atoms with van der Waals surface area (Å²) in [6.07, 6.45) is 1.70. The molecule has 0 amide bonds. The predicted octanol–water partition coefficient (Wildman–Crippen LogP) is 4.81. The van der Waals surface area contributed by atoms with Crippen molar-refractivity contribution in [1.82, 2.24) is 10.2 Å². The van der Waals surface area contributed by atoms with E-state index in [2.05, 4.69) is 23.2 Å². The summed E-state index contributed by atoms with van der Waals surface area (Å²) in [5.41, 5.74) is 9.88. The highest BCUT2D eigenvalue weighted by Gasteiger charge is 2.36. The van der Waals surface area contributed by atoms with Crippen LogP contribution in [0.2, 0.25) is 5.02 Å². The Morgan fingerprint density at radius 1 is 1.23 bits per heavy atom. The monoisotopic (exact) mass is 420 g/mol. The van der Waals surface area contributed by atoms with E-state index in [0.29, 0.717) is 28.8 Å². The van der Waals surface area contributed by atoms with Crippen molar-refractivity contribution < 1.29 is 9.47 Å². The van der Waals surface area contributed by atoms with Gasteiger partial charge in [0, 0.05) is 21.8 Å². The summed E-state index contributed by atoms with van der Waals surface area (Å²) in [6.45, 7) is 2.39. The molecule has 1 aliphatic rings. The van der Waals surface area contributed by atoms with Gasteiger partial charge < -0.3 is 15.2 Å². The lowest BCUT2D eigenvalue weighted by atomic mass is 9.83. The van der Waals surface area contributed by atoms with Crippen molar-refractivity contribution in [2.45, 2.75) is 32.3 Å². The summed E-state index contributed by atoms with van der Waals surface area (Å²) in [6, 6.07) is 17.4. The number of nitrogens with two attached hydrogens (primary N) is 1. The lowest BCUT2D eigenvalue weighted by Crippen LogP contribution is -2.21. The van der Waals surface area contributed by atoms with Crippen LogP contribution >= 0.6 is 11.6 Å². The first kappa shape index (κ1) is 19.9. The van der Waals surface area contributed by atoms with Crippen molar-refractivity contribution in [1.29, 1.82) is 5.26 Å². The molecule has 0 fully saturated rings. The number of ether oxygens (including phenoxy) is 2. The van der Waals surface area contributed by atoms with E-state index in [9.17, 15) is 5.26 Å². The second-order valence-electron chi connectivity index (χ2n) is 7.01. The van der Waals surface area contributed by atoms with Crippen molar-refractivity contribution in [3.63, 3.8) is 0 Å². The molecule has 0 saturated heterocycles. The molecule has 4 rings (SSSR count). The first-order valence-corrected chi connectivity index (χ1v) is 10.1. The molecule has 3 N–H and O–H groups in total. The maximum atomic E-state index is 9.86. The number of H-pyrrole nitrogens is 1. The number of hydrogen-bond acceptors (Lipinski definition) is 5. The third kappa shape index (κ3) is 3.60. The fraction of sp³-hybridized carbons (Fsp3) is 0.217. The van der Waals surface area contributed by atoms with Gasteiger partial charge in [-0.3, -0.25) is 5.10 Å². The molecule has 2 heterocycles. The van der Waals surface area contributed by atoms with Crippen LogP contribution in [0.15, 0.2) is 60.0 Å². The minimum atomic E-state index is -0.429. The van der Waals surface area contributed by atoms with Crippen molar-refractivity contribution in [2.75, 3.05) is 0 Å². The van der Waals surface area contributed by atoms with Gasteiger partial charge in [0.1, 0.15) is 24.0 Å². The number of aromatic amines is 1. The molecule has 0 aliphatic carbocycles. The number of nitriles is 1. The number of benzene rings is 2. The Kier molecular flexibility index (Phi) is 5.64. The zero-order chi connectivity index (χ0) is 21.1. The number of allylic oxidation sites excluding steroid dienone is 1. The quantitative estimate of drug-likeness (QED) is 0.596. The first-order chi connectivity index (χ1) is 14.6. The fourth-order valence-corrected chi connectivity index (χ4v) is 3.87. The Hall–Kier alpha value is -3.43. The van der Waals surface area contributed by atoms with Gasteiger partial charge in [0.2, 0.25) is 11.8 Å². The van der Waals surface area contributed by atoms with Gasteiger partial charge in [0.05, 0.1) is 11.5 Å². The van der Waals surface area contributed by atoms with Crippen molar-refractivity contribution in [3.05, 3.63) is 87.4 Å². The van der Waals surface area contributed by atoms with E-state index < -0.39 is 5.92 Å². The molecule has 0 bridgehead atoms. The highest BCUT2D eigenvalue weighted by atomic mass is 35.5. The number of rotatable bonds is 6. The van der Waals surface area contributed by atoms with Gasteiger partial charge in [-0.15, -0.1) is 5.10 Å². The SMILES string of the molecule is CCCc1[nH]nc2c1C(c1ccccc1OCc1ccccc1Cl)C(C#N)=C(N)O2. The second kappa shape index (κ2) is 8.52. The number of aryl methyl sites for hydroxylation is 1. The van der Waals surface area contributed by atoms with E-state index in [0.717, 1.165) is 35.2 Å². The minimum Gasteiger partial charge on any atom is -0.489 e. The average molecular weight is 421 g/mol. The molecular formula is C23H21ClN4O2. The Labute approximate surface area is 179 Å². The molecule has 152 valence electrons. The minimum absolute atomic E-state index is 0.0606. The largest absolute Gasteiger partial charge is 0.489 e. The zero-order valence-electron chi connectivity index (χ0n) is 16.5. The maximum Gasteiger partial charge on any atom is 0.244 e. The molecule has 1 aromatic heterocycles. The molecule has 3 aromatic rings. The number of hydrogen-bond donors (Lipinski definition) is 2. The second-order valence-corrected chi connectivity index (χ2v) is 7.42. The van der Waals surface area contributed by atoms with Crippen LogP contribution < -0.4 is 15.2 Å². The van der Waals surface area contributed by atoms with Crippen LogP contribution in [0.25, 0.3) is 0 Å². The molecule has 7 heteroatoms. The van der Waals surface area contributed by atoms with Gasteiger partial charge >= 0.3 is 0 Å². The van der Waals surface area contributed by atoms with Gasteiger partial charge in [0.15, 0.2) is 0 Å². The molecule has 6 nitrogen and oxygen atoms in total. The normalized spacial score (nSPS) is 15.3. The molecule has 1 atom stereocenters. The molecule has 0 saturated carbocycles. The summed E-state index contributed by atoms with van der Waals surface area (Å²) >= 11 is 6.28. The summed E-state index contributed by atoms with van der Waals surface area (Å²) in [4.78, 5) is 0. The van der Waals surface area contributed by atoms with Crippen LogP contribution in [-0.4, -0.2) is 10.2 Å². The zero-order valence-corrected chi connectivity index (χ0v) is 17.2. The average Bonchev–Trinajstić information content (AvgIpc) is 3.15. The number of nitrogens with zero attached hydrogens (tertiary/aromatic N) is 2. The standard InChI is InChI=1S/C23H21ClN4O2/c1-2-7-18-21-20(16(12-25)22(26)30-23(21)28-27-18)15-9-4-6-11-19(15)29-13-14-8-3-5-10-17(14)24/h3-6,8-11,20H,2,7,13,26H2,1H3,(H,27,28). The molecular weight excluding hydrogens is 400 g/mol. The lowest BCUT2D eigenvalue weighted by Gasteiger charge is -2.25. The van der Waals surface area contributed by atoms with Crippen LogP contribution in [0.3, 0.4) is 0 Å². The number of halogens is 1. The van der Waals surface area contributed by atoms with Crippen LogP contribution in [-0.2, 0) is 13.0 Å². The highest BCUT2D eigenvalue weighted by Crippen LogP contribution is 2.45. The molecule has 0 radical (unpaired) electrons. The molecule has 1 unspecified atom stereocenters. The number of fused-ring (bicyclic) bond motifs is 1.